The van der Waals surface area contributed by atoms with Crippen molar-refractivity contribution in [3.8, 4) is 0 Å². The lowest BCUT2D eigenvalue weighted by Gasteiger charge is -2.27. The van der Waals surface area contributed by atoms with Crippen LogP contribution in [0.2, 0.25) is 0 Å². The second-order valence-electron chi connectivity index (χ2n) is 5.60. The second-order valence-corrected chi connectivity index (χ2v) is 6.58. The van der Waals surface area contributed by atoms with Gasteiger partial charge in [0.15, 0.2) is 0 Å². The summed E-state index contributed by atoms with van der Waals surface area (Å²) in [6, 6.07) is 4.19. The zero-order valence-electron chi connectivity index (χ0n) is 12.8. The van der Waals surface area contributed by atoms with Gasteiger partial charge in [-0.25, -0.2) is 0 Å². The summed E-state index contributed by atoms with van der Waals surface area (Å²) >= 11 is 1.73. The molecule has 2 unspecified atom stereocenters. The highest BCUT2D eigenvalue weighted by Crippen LogP contribution is 2.31. The van der Waals surface area contributed by atoms with Crippen molar-refractivity contribution in [1.29, 1.82) is 0 Å². The predicted octanol–water partition coefficient (Wildman–Crippen LogP) is 3.78. The molecule has 112 valence electrons. The third kappa shape index (κ3) is 3.23. The van der Waals surface area contributed by atoms with Crippen LogP contribution in [0.3, 0.4) is 0 Å². The lowest BCUT2D eigenvalue weighted by molar-refractivity contribution is -0.130. The third-order valence-corrected chi connectivity index (χ3v) is 5.18. The number of amides is 1. The van der Waals surface area contributed by atoms with Gasteiger partial charge in [-0.15, -0.1) is 11.3 Å². The van der Waals surface area contributed by atoms with Gasteiger partial charge in [-0.05, 0) is 23.8 Å². The maximum absolute atomic E-state index is 12.6. The van der Waals surface area contributed by atoms with Crippen LogP contribution in [0.4, 0.5) is 0 Å². The van der Waals surface area contributed by atoms with Gasteiger partial charge in [0.25, 0.3) is 0 Å². The average molecular weight is 294 g/mol. The number of thiophene rings is 1. The van der Waals surface area contributed by atoms with Crippen LogP contribution in [0.15, 0.2) is 17.5 Å². The minimum absolute atomic E-state index is 0.00135. The van der Waals surface area contributed by atoms with Crippen molar-refractivity contribution >= 4 is 17.2 Å². The molecule has 4 heteroatoms. The first-order valence-corrected chi connectivity index (χ1v) is 8.69. The molecule has 1 N–H and O–H groups in total. The van der Waals surface area contributed by atoms with Crippen molar-refractivity contribution in [1.82, 2.24) is 10.2 Å². The van der Waals surface area contributed by atoms with E-state index in [1.54, 1.807) is 11.3 Å². The van der Waals surface area contributed by atoms with E-state index >= 15 is 0 Å². The SMILES string of the molecule is CCCC1NC(c2cccs2)N(CC(CC)CC)C1=O. The molecule has 2 heterocycles. The van der Waals surface area contributed by atoms with Crippen LogP contribution in [-0.4, -0.2) is 23.4 Å². The van der Waals surface area contributed by atoms with Crippen LogP contribution in [-0.2, 0) is 4.79 Å². The lowest BCUT2D eigenvalue weighted by atomic mass is 10.0. The summed E-state index contributed by atoms with van der Waals surface area (Å²) < 4.78 is 0. The van der Waals surface area contributed by atoms with Gasteiger partial charge in [0.2, 0.25) is 5.91 Å². The summed E-state index contributed by atoms with van der Waals surface area (Å²) in [5.74, 6) is 0.890. The van der Waals surface area contributed by atoms with Crippen LogP contribution in [0.5, 0.6) is 0 Å². The van der Waals surface area contributed by atoms with E-state index in [2.05, 4.69) is 48.5 Å². The van der Waals surface area contributed by atoms with E-state index in [0.29, 0.717) is 5.92 Å². The highest BCUT2D eigenvalue weighted by Gasteiger charge is 2.39. The molecule has 0 spiro atoms. The number of hydrogen-bond acceptors (Lipinski definition) is 3. The summed E-state index contributed by atoms with van der Waals surface area (Å²) in [5, 5.41) is 5.62. The number of rotatable bonds is 7. The lowest BCUT2D eigenvalue weighted by Crippen LogP contribution is -2.35. The summed E-state index contributed by atoms with van der Waals surface area (Å²) in [4.78, 5) is 16.0. The predicted molar refractivity (Wildman–Crippen MR) is 84.7 cm³/mol. The Morgan fingerprint density at radius 3 is 2.65 bits per heavy atom. The zero-order valence-corrected chi connectivity index (χ0v) is 13.6. The largest absolute Gasteiger partial charge is 0.320 e. The maximum atomic E-state index is 12.6. The molecule has 1 amide bonds. The number of carbonyl (C=O) groups is 1. The fraction of sp³-hybridized carbons (Fsp3) is 0.688. The van der Waals surface area contributed by atoms with E-state index in [1.807, 2.05) is 0 Å². The summed E-state index contributed by atoms with van der Waals surface area (Å²) in [6.07, 6.45) is 4.32. The molecule has 1 aromatic heterocycles. The van der Waals surface area contributed by atoms with E-state index in [4.69, 9.17) is 0 Å². The first-order chi connectivity index (χ1) is 9.71. The van der Waals surface area contributed by atoms with Crippen molar-refractivity contribution in [2.45, 2.75) is 58.7 Å². The van der Waals surface area contributed by atoms with E-state index < -0.39 is 0 Å². The molecule has 2 atom stereocenters. The fourth-order valence-electron chi connectivity index (χ4n) is 2.88. The number of nitrogens with zero attached hydrogens (tertiary/aromatic N) is 1. The normalized spacial score (nSPS) is 23.0. The van der Waals surface area contributed by atoms with Crippen LogP contribution in [0, 0.1) is 5.92 Å². The van der Waals surface area contributed by atoms with Crippen molar-refractivity contribution in [2.24, 2.45) is 5.92 Å². The Hall–Kier alpha value is -0.870. The van der Waals surface area contributed by atoms with Crippen LogP contribution < -0.4 is 5.32 Å². The van der Waals surface area contributed by atoms with Crippen LogP contribution in [0.25, 0.3) is 0 Å². The molecule has 0 aliphatic carbocycles. The molecule has 1 aliphatic heterocycles. The van der Waals surface area contributed by atoms with Crippen molar-refractivity contribution in [3.63, 3.8) is 0 Å². The topological polar surface area (TPSA) is 32.3 Å². The van der Waals surface area contributed by atoms with Crippen LogP contribution >= 0.6 is 11.3 Å². The molecular weight excluding hydrogens is 268 g/mol. The van der Waals surface area contributed by atoms with Gasteiger partial charge in [-0.2, -0.15) is 0 Å². The van der Waals surface area contributed by atoms with Gasteiger partial charge >= 0.3 is 0 Å². The monoisotopic (exact) mass is 294 g/mol. The van der Waals surface area contributed by atoms with Gasteiger partial charge in [-0.3, -0.25) is 10.1 Å². The molecule has 20 heavy (non-hydrogen) atoms. The Labute approximate surface area is 126 Å². The summed E-state index contributed by atoms with van der Waals surface area (Å²) in [7, 11) is 0. The Kier molecular flexibility index (Phi) is 5.61. The number of carbonyl (C=O) groups excluding carboxylic acids is 1. The first kappa shape index (κ1) is 15.5. The fourth-order valence-corrected chi connectivity index (χ4v) is 3.67. The van der Waals surface area contributed by atoms with Gasteiger partial charge in [0.05, 0.1) is 6.04 Å². The van der Waals surface area contributed by atoms with E-state index in [0.717, 1.165) is 32.2 Å². The Morgan fingerprint density at radius 2 is 2.10 bits per heavy atom. The molecule has 0 saturated carbocycles. The molecule has 1 aromatic rings. The molecule has 0 aromatic carbocycles. The Morgan fingerprint density at radius 1 is 1.35 bits per heavy atom. The summed E-state index contributed by atoms with van der Waals surface area (Å²) in [6.45, 7) is 7.44. The maximum Gasteiger partial charge on any atom is 0.241 e. The number of hydrogen-bond donors (Lipinski definition) is 1. The van der Waals surface area contributed by atoms with Crippen molar-refractivity contribution in [3.05, 3.63) is 22.4 Å². The van der Waals surface area contributed by atoms with E-state index in [9.17, 15) is 4.79 Å². The van der Waals surface area contributed by atoms with Crippen molar-refractivity contribution in [2.75, 3.05) is 6.54 Å². The molecule has 1 aliphatic rings. The molecule has 1 saturated heterocycles. The molecule has 0 bridgehead atoms. The van der Waals surface area contributed by atoms with E-state index in [-0.39, 0.29) is 18.1 Å². The molecular formula is C16H26N2OS. The quantitative estimate of drug-likeness (QED) is 0.830. The first-order valence-electron chi connectivity index (χ1n) is 7.81. The van der Waals surface area contributed by atoms with Gasteiger partial charge in [-0.1, -0.05) is 46.1 Å². The summed E-state index contributed by atoms with van der Waals surface area (Å²) in [5.41, 5.74) is 0. The molecule has 1 fully saturated rings. The molecule has 3 nitrogen and oxygen atoms in total. The Balaban J connectivity index is 2.16. The van der Waals surface area contributed by atoms with Crippen LogP contribution in [0.1, 0.15) is 57.5 Å². The van der Waals surface area contributed by atoms with E-state index in [1.165, 1.54) is 4.88 Å². The van der Waals surface area contributed by atoms with Gasteiger partial charge < -0.3 is 4.90 Å². The van der Waals surface area contributed by atoms with Gasteiger partial charge in [0, 0.05) is 11.4 Å². The highest BCUT2D eigenvalue weighted by molar-refractivity contribution is 7.10. The Bertz CT molecular complexity index is 414. The smallest absolute Gasteiger partial charge is 0.241 e. The zero-order chi connectivity index (χ0) is 14.5. The number of nitrogens with one attached hydrogen (secondary N) is 1. The van der Waals surface area contributed by atoms with Gasteiger partial charge in [0.1, 0.15) is 6.17 Å². The average Bonchev–Trinajstić information content (AvgIpc) is 3.07. The molecule has 2 rings (SSSR count). The highest BCUT2D eigenvalue weighted by atomic mass is 32.1. The minimum Gasteiger partial charge on any atom is -0.320 e. The minimum atomic E-state index is 0.00135. The second kappa shape index (κ2) is 7.23. The van der Waals surface area contributed by atoms with Crippen molar-refractivity contribution < 1.29 is 4.79 Å². The third-order valence-electron chi connectivity index (χ3n) is 4.25. The standard InChI is InChI=1S/C16H26N2OS/c1-4-8-13-16(19)18(11-12(5-2)6-3)15(17-13)14-9-7-10-20-14/h7,9-10,12-13,15,17H,4-6,8,11H2,1-3H3. The molecule has 0 radical (unpaired) electrons.